The molecule has 290 valence electrons. The minimum atomic E-state index is 0.617. The molecule has 0 saturated carbocycles. The molecule has 0 fully saturated rings. The molecule has 1 aromatic rings. The molecule has 0 saturated heterocycles. The van der Waals surface area contributed by atoms with Crippen molar-refractivity contribution in [3.63, 3.8) is 0 Å². The van der Waals surface area contributed by atoms with Gasteiger partial charge in [0.05, 0.1) is 12.0 Å². The monoisotopic (exact) mass is 686 g/mol. The predicted octanol–water partition coefficient (Wildman–Crippen LogP) is 16.8. The van der Waals surface area contributed by atoms with Crippen LogP contribution in [0.25, 0.3) is 0 Å². The van der Waals surface area contributed by atoms with Gasteiger partial charge in [-0.1, -0.05) is 239 Å². The van der Waals surface area contributed by atoms with E-state index in [0.29, 0.717) is 12.0 Å². The SMILES string of the molecule is CCCCCCCCCCCCCCCCCC(CCCCCCCCCCCC)c1[nH]cc[n+]1C(C)CCCCCCCCCCCC. The van der Waals surface area contributed by atoms with Crippen molar-refractivity contribution in [1.29, 1.82) is 0 Å². The van der Waals surface area contributed by atoms with Crippen LogP contribution in [0.15, 0.2) is 12.4 Å². The van der Waals surface area contributed by atoms with Gasteiger partial charge in [0.1, 0.15) is 12.4 Å². The number of hydrogen-bond donors (Lipinski definition) is 1. The highest BCUT2D eigenvalue weighted by atomic mass is 15.1. The fraction of sp³-hybridized carbons (Fsp3) is 0.936. The van der Waals surface area contributed by atoms with Gasteiger partial charge in [0.15, 0.2) is 0 Å². The van der Waals surface area contributed by atoms with Gasteiger partial charge in [-0.25, -0.2) is 9.55 Å². The number of nitrogens with one attached hydrogen (secondary N) is 1. The normalized spacial score (nSPS) is 13.0. The van der Waals surface area contributed by atoms with E-state index in [1.165, 1.54) is 244 Å². The Kier molecular flexibility index (Phi) is 34.9. The highest BCUT2D eigenvalue weighted by molar-refractivity contribution is 4.90. The van der Waals surface area contributed by atoms with E-state index in [1.807, 2.05) is 0 Å². The standard InChI is InChI=1S/C47H92N2/c1-5-8-11-14-17-20-23-24-25-26-27-30-33-36-39-42-46(41-38-35-32-29-22-19-16-13-10-7-3)47-48-43-44-49(47)45(4)40-37-34-31-28-21-18-15-12-9-6-2/h43-46H,5-42H2,1-4H3/p+1. The Morgan fingerprint density at radius 3 is 0.959 bits per heavy atom. The zero-order chi connectivity index (χ0) is 35.3. The number of hydrogen-bond acceptors (Lipinski definition) is 0. The summed E-state index contributed by atoms with van der Waals surface area (Å²) < 4.78 is 2.65. The van der Waals surface area contributed by atoms with Crippen LogP contribution in [-0.2, 0) is 0 Å². The summed E-state index contributed by atoms with van der Waals surface area (Å²) >= 11 is 0. The summed E-state index contributed by atoms with van der Waals surface area (Å²) in [5.41, 5.74) is 0. The van der Waals surface area contributed by atoms with Crippen molar-refractivity contribution >= 4 is 0 Å². The molecule has 1 N–H and O–H groups in total. The lowest BCUT2D eigenvalue weighted by Crippen LogP contribution is -2.41. The van der Waals surface area contributed by atoms with Crippen LogP contribution in [0, 0.1) is 0 Å². The molecule has 0 bridgehead atoms. The third kappa shape index (κ3) is 28.5. The highest BCUT2D eigenvalue weighted by Gasteiger charge is 2.25. The Bertz CT molecular complexity index is 753. The first-order valence-electron chi connectivity index (χ1n) is 23.3. The van der Waals surface area contributed by atoms with Gasteiger partial charge in [-0.05, 0) is 32.6 Å². The molecule has 1 aromatic heterocycles. The summed E-state index contributed by atoms with van der Waals surface area (Å²) in [7, 11) is 0. The molecule has 0 aromatic carbocycles. The van der Waals surface area contributed by atoms with Crippen LogP contribution >= 0.6 is 0 Å². The summed E-state index contributed by atoms with van der Waals surface area (Å²) in [6.45, 7) is 9.43. The predicted molar refractivity (Wildman–Crippen MR) is 221 cm³/mol. The van der Waals surface area contributed by atoms with Crippen molar-refractivity contribution in [2.75, 3.05) is 0 Å². The quantitative estimate of drug-likeness (QED) is 0.0524. The van der Waals surface area contributed by atoms with Gasteiger partial charge in [-0.2, -0.15) is 0 Å². The van der Waals surface area contributed by atoms with Crippen LogP contribution in [-0.4, -0.2) is 4.98 Å². The zero-order valence-corrected chi connectivity index (χ0v) is 34.6. The van der Waals surface area contributed by atoms with Crippen LogP contribution in [0.1, 0.15) is 289 Å². The van der Waals surface area contributed by atoms with Gasteiger partial charge in [0.25, 0.3) is 5.82 Å². The molecular weight excluding hydrogens is 593 g/mol. The summed E-state index contributed by atoms with van der Waals surface area (Å²) in [6, 6.07) is 0.617. The van der Waals surface area contributed by atoms with Gasteiger partial charge < -0.3 is 0 Å². The van der Waals surface area contributed by atoms with Gasteiger partial charge >= 0.3 is 0 Å². The minimum Gasteiger partial charge on any atom is -0.247 e. The third-order valence-electron chi connectivity index (χ3n) is 11.6. The number of aromatic nitrogens is 2. The summed E-state index contributed by atoms with van der Waals surface area (Å²) in [4.78, 5) is 3.78. The molecule has 0 aliphatic rings. The van der Waals surface area contributed by atoms with E-state index in [-0.39, 0.29) is 0 Å². The topological polar surface area (TPSA) is 19.7 Å². The van der Waals surface area contributed by atoms with E-state index in [4.69, 9.17) is 0 Å². The fourth-order valence-electron chi connectivity index (χ4n) is 8.20. The molecule has 2 unspecified atom stereocenters. The number of unbranched alkanes of at least 4 members (excludes halogenated alkanes) is 32. The molecule has 0 aliphatic carbocycles. The van der Waals surface area contributed by atoms with Crippen LogP contribution in [0.2, 0.25) is 0 Å². The molecular formula is C47H93N2+. The molecule has 0 amide bonds. The zero-order valence-electron chi connectivity index (χ0n) is 34.6. The lowest BCUT2D eigenvalue weighted by Gasteiger charge is -2.17. The molecule has 49 heavy (non-hydrogen) atoms. The first-order valence-corrected chi connectivity index (χ1v) is 23.3. The van der Waals surface area contributed by atoms with E-state index < -0.39 is 0 Å². The molecule has 2 atom stereocenters. The van der Waals surface area contributed by atoms with Crippen molar-refractivity contribution < 1.29 is 4.57 Å². The van der Waals surface area contributed by atoms with Gasteiger partial charge in [0, 0.05) is 0 Å². The summed E-state index contributed by atoms with van der Waals surface area (Å²) in [5.74, 6) is 2.25. The maximum atomic E-state index is 3.78. The Morgan fingerprint density at radius 2 is 0.653 bits per heavy atom. The molecule has 2 heteroatoms. The molecule has 0 spiro atoms. The fourth-order valence-corrected chi connectivity index (χ4v) is 8.20. The van der Waals surface area contributed by atoms with E-state index in [0.717, 1.165) is 0 Å². The Hall–Kier alpha value is -0.790. The van der Waals surface area contributed by atoms with Crippen LogP contribution in [0.4, 0.5) is 0 Å². The van der Waals surface area contributed by atoms with E-state index in [9.17, 15) is 0 Å². The number of aromatic amines is 1. The van der Waals surface area contributed by atoms with Crippen LogP contribution < -0.4 is 4.57 Å². The van der Waals surface area contributed by atoms with Gasteiger partial charge in [0.2, 0.25) is 0 Å². The number of rotatable bonds is 40. The molecule has 1 heterocycles. The lowest BCUT2D eigenvalue weighted by molar-refractivity contribution is -0.727. The van der Waals surface area contributed by atoms with Crippen molar-refractivity contribution in [3.8, 4) is 0 Å². The molecule has 2 nitrogen and oxygen atoms in total. The van der Waals surface area contributed by atoms with Crippen molar-refractivity contribution in [3.05, 3.63) is 18.2 Å². The maximum Gasteiger partial charge on any atom is 0.257 e. The van der Waals surface area contributed by atoms with E-state index in [2.05, 4.69) is 49.6 Å². The smallest absolute Gasteiger partial charge is 0.247 e. The van der Waals surface area contributed by atoms with Crippen LogP contribution in [0.5, 0.6) is 0 Å². The maximum absolute atomic E-state index is 3.78. The van der Waals surface area contributed by atoms with Crippen molar-refractivity contribution in [1.82, 2.24) is 4.98 Å². The number of nitrogens with zero attached hydrogens (tertiary/aromatic N) is 1. The molecule has 1 rings (SSSR count). The van der Waals surface area contributed by atoms with Gasteiger partial charge in [-0.15, -0.1) is 0 Å². The van der Waals surface area contributed by atoms with Crippen LogP contribution in [0.3, 0.4) is 0 Å². The third-order valence-corrected chi connectivity index (χ3v) is 11.6. The van der Waals surface area contributed by atoms with Crippen molar-refractivity contribution in [2.24, 2.45) is 0 Å². The largest absolute Gasteiger partial charge is 0.257 e. The number of H-pyrrole nitrogens is 1. The van der Waals surface area contributed by atoms with E-state index in [1.54, 1.807) is 5.82 Å². The van der Waals surface area contributed by atoms with Gasteiger partial charge in [-0.3, -0.25) is 0 Å². The summed E-state index contributed by atoms with van der Waals surface area (Å²) in [6.07, 6.45) is 59.1. The summed E-state index contributed by atoms with van der Waals surface area (Å²) in [5, 5.41) is 0. The second-order valence-corrected chi connectivity index (χ2v) is 16.5. The lowest BCUT2D eigenvalue weighted by atomic mass is 9.92. The molecule has 0 aliphatic heterocycles. The number of imidazole rings is 1. The minimum absolute atomic E-state index is 0.617. The Balaban J connectivity index is 2.37. The Labute approximate surface area is 310 Å². The highest BCUT2D eigenvalue weighted by Crippen LogP contribution is 2.28. The average molecular weight is 686 g/mol. The molecule has 0 radical (unpaired) electrons. The Morgan fingerprint density at radius 1 is 0.388 bits per heavy atom. The first-order chi connectivity index (χ1) is 24.2. The van der Waals surface area contributed by atoms with Crippen molar-refractivity contribution in [2.45, 2.75) is 284 Å². The second-order valence-electron chi connectivity index (χ2n) is 16.5. The average Bonchev–Trinajstić information content (AvgIpc) is 3.60. The van der Waals surface area contributed by atoms with E-state index >= 15 is 0 Å². The first kappa shape index (κ1) is 46.2. The second kappa shape index (κ2) is 37.0.